The number of carbonyl (C=O) groups is 3. The van der Waals surface area contributed by atoms with Crippen LogP contribution in [-0.4, -0.2) is 57.7 Å². The van der Waals surface area contributed by atoms with Crippen molar-refractivity contribution in [3.8, 4) is 0 Å². The number of imide groups is 1. The number of nitrogens with one attached hydrogen (secondary N) is 1. The van der Waals surface area contributed by atoms with Crippen LogP contribution in [0.25, 0.3) is 5.57 Å². The van der Waals surface area contributed by atoms with Crippen LogP contribution in [0.3, 0.4) is 0 Å². The molecule has 1 aromatic heterocycles. The van der Waals surface area contributed by atoms with Gasteiger partial charge in [-0.3, -0.25) is 5.32 Å². The van der Waals surface area contributed by atoms with Gasteiger partial charge >= 0.3 is 18.3 Å². The highest BCUT2D eigenvalue weighted by Crippen LogP contribution is 2.30. The molecule has 0 unspecified atom stereocenters. The van der Waals surface area contributed by atoms with Gasteiger partial charge in [0.2, 0.25) is 0 Å². The van der Waals surface area contributed by atoms with Crippen molar-refractivity contribution in [1.29, 1.82) is 0 Å². The van der Waals surface area contributed by atoms with Crippen LogP contribution < -0.4 is 5.32 Å². The molecule has 0 saturated carbocycles. The van der Waals surface area contributed by atoms with Gasteiger partial charge in [0.15, 0.2) is 0 Å². The Hall–Kier alpha value is -3.14. The van der Waals surface area contributed by atoms with E-state index < -0.39 is 29.5 Å². The Labute approximate surface area is 193 Å². The van der Waals surface area contributed by atoms with Gasteiger partial charge in [-0.15, -0.1) is 0 Å². The number of pyridine rings is 1. The molecule has 2 heterocycles. The highest BCUT2D eigenvalue weighted by Gasteiger charge is 2.33. The fourth-order valence-electron chi connectivity index (χ4n) is 3.13. The SMILES string of the molecule is Cc1nc(NC(=O)O)cc(C2=CCOCC2)c1CN(C(=O)OC(C)(C)C)C(=O)OC(C)(C)C. The van der Waals surface area contributed by atoms with E-state index in [9.17, 15) is 14.4 Å². The standard InChI is InChI=1S/C23H33N3O7/c1-14-17(13-26(20(29)32-22(2,3)4)21(30)33-23(5,6)7)16(15-8-10-31-11-9-15)12-18(24-14)25-19(27)28/h8,12H,9-11,13H2,1-7H3,(H,24,25)(H,27,28). The number of ether oxygens (including phenoxy) is 3. The smallest absolute Gasteiger partial charge is 0.420 e. The van der Waals surface area contributed by atoms with E-state index in [1.807, 2.05) is 6.08 Å². The van der Waals surface area contributed by atoms with Crippen molar-refractivity contribution in [3.05, 3.63) is 29.0 Å². The highest BCUT2D eigenvalue weighted by atomic mass is 16.6. The number of carboxylic acid groups (broad SMARTS) is 1. The summed E-state index contributed by atoms with van der Waals surface area (Å²) in [5.74, 6) is 0.146. The summed E-state index contributed by atoms with van der Waals surface area (Å²) in [5, 5.41) is 11.4. The molecule has 182 valence electrons. The summed E-state index contributed by atoms with van der Waals surface area (Å²) < 4.78 is 16.3. The van der Waals surface area contributed by atoms with Crippen LogP contribution >= 0.6 is 0 Å². The minimum absolute atomic E-state index is 0.146. The van der Waals surface area contributed by atoms with E-state index >= 15 is 0 Å². The number of aryl methyl sites for hydroxylation is 1. The maximum absolute atomic E-state index is 13.0. The second kappa shape index (κ2) is 10.2. The van der Waals surface area contributed by atoms with Gasteiger partial charge in [-0.2, -0.15) is 0 Å². The van der Waals surface area contributed by atoms with Crippen LogP contribution in [0.2, 0.25) is 0 Å². The van der Waals surface area contributed by atoms with E-state index in [1.165, 1.54) is 0 Å². The second-order valence-corrected chi connectivity index (χ2v) is 9.65. The maximum Gasteiger partial charge on any atom is 0.420 e. The van der Waals surface area contributed by atoms with Gasteiger partial charge in [-0.25, -0.2) is 24.3 Å². The van der Waals surface area contributed by atoms with Crippen LogP contribution in [0.4, 0.5) is 20.2 Å². The molecule has 0 bridgehead atoms. The number of anilines is 1. The van der Waals surface area contributed by atoms with Crippen molar-refractivity contribution in [3.63, 3.8) is 0 Å². The van der Waals surface area contributed by atoms with Crippen LogP contribution in [0.15, 0.2) is 12.1 Å². The molecular weight excluding hydrogens is 430 g/mol. The number of nitrogens with zero attached hydrogens (tertiary/aromatic N) is 2. The first-order chi connectivity index (χ1) is 15.2. The molecule has 2 N–H and O–H groups in total. The van der Waals surface area contributed by atoms with Crippen LogP contribution in [0, 0.1) is 6.92 Å². The Morgan fingerprint density at radius 2 is 1.70 bits per heavy atom. The van der Waals surface area contributed by atoms with Crippen molar-refractivity contribution >= 4 is 29.7 Å². The number of amides is 3. The molecule has 0 atom stereocenters. The van der Waals surface area contributed by atoms with Gasteiger partial charge in [0.1, 0.15) is 17.0 Å². The van der Waals surface area contributed by atoms with Crippen LogP contribution in [0.1, 0.15) is 64.8 Å². The molecule has 33 heavy (non-hydrogen) atoms. The Balaban J connectivity index is 2.54. The summed E-state index contributed by atoms with van der Waals surface area (Å²) in [4.78, 5) is 42.3. The first-order valence-electron chi connectivity index (χ1n) is 10.7. The summed E-state index contributed by atoms with van der Waals surface area (Å²) in [6.45, 7) is 12.6. The summed E-state index contributed by atoms with van der Waals surface area (Å²) >= 11 is 0. The Morgan fingerprint density at radius 3 is 2.15 bits per heavy atom. The third-order valence-corrected chi connectivity index (χ3v) is 4.42. The molecule has 1 aliphatic heterocycles. The molecule has 3 amide bonds. The van der Waals surface area contributed by atoms with Gasteiger partial charge < -0.3 is 19.3 Å². The minimum Gasteiger partial charge on any atom is -0.465 e. The molecular formula is C23H33N3O7. The summed E-state index contributed by atoms with van der Waals surface area (Å²) in [5.41, 5.74) is 0.963. The van der Waals surface area contributed by atoms with Crippen LogP contribution in [-0.2, 0) is 20.8 Å². The van der Waals surface area contributed by atoms with Crippen molar-refractivity contribution in [1.82, 2.24) is 9.88 Å². The lowest BCUT2D eigenvalue weighted by molar-refractivity contribution is -0.000307. The first kappa shape index (κ1) is 26.1. The predicted octanol–water partition coefficient (Wildman–Crippen LogP) is 4.96. The van der Waals surface area contributed by atoms with Gasteiger partial charge in [-0.1, -0.05) is 6.08 Å². The third kappa shape index (κ3) is 8.05. The van der Waals surface area contributed by atoms with E-state index in [-0.39, 0.29) is 12.4 Å². The van der Waals surface area contributed by atoms with Gasteiger partial charge in [-0.05, 0) is 72.1 Å². The van der Waals surface area contributed by atoms with Crippen LogP contribution in [0.5, 0.6) is 0 Å². The van der Waals surface area contributed by atoms with Gasteiger partial charge in [0.25, 0.3) is 0 Å². The minimum atomic E-state index is -1.24. The quantitative estimate of drug-likeness (QED) is 0.642. The summed E-state index contributed by atoms with van der Waals surface area (Å²) in [7, 11) is 0. The van der Waals surface area contributed by atoms with E-state index in [0.717, 1.165) is 10.5 Å². The number of hydrogen-bond acceptors (Lipinski definition) is 7. The van der Waals surface area contributed by atoms with Crippen molar-refractivity contribution in [2.24, 2.45) is 0 Å². The number of carbonyl (C=O) groups excluding carboxylic acids is 2. The molecule has 10 heteroatoms. The zero-order chi connectivity index (χ0) is 25.0. The molecule has 0 fully saturated rings. The second-order valence-electron chi connectivity index (χ2n) is 9.65. The van der Waals surface area contributed by atoms with E-state index in [1.54, 1.807) is 54.5 Å². The van der Waals surface area contributed by atoms with E-state index in [2.05, 4.69) is 10.3 Å². The zero-order valence-corrected chi connectivity index (χ0v) is 20.3. The molecule has 0 aliphatic carbocycles. The highest BCUT2D eigenvalue weighted by molar-refractivity contribution is 5.88. The number of aromatic nitrogens is 1. The lowest BCUT2D eigenvalue weighted by atomic mass is 9.95. The molecule has 0 aromatic carbocycles. The molecule has 1 aromatic rings. The lowest BCUT2D eigenvalue weighted by Crippen LogP contribution is -2.43. The molecule has 0 saturated heterocycles. The fraction of sp³-hybridized carbons (Fsp3) is 0.565. The molecule has 1 aliphatic rings. The first-order valence-corrected chi connectivity index (χ1v) is 10.7. The van der Waals surface area contributed by atoms with Crippen molar-refractivity contribution in [2.75, 3.05) is 18.5 Å². The number of rotatable bonds is 4. The van der Waals surface area contributed by atoms with Crippen molar-refractivity contribution < 1.29 is 33.7 Å². The molecule has 10 nitrogen and oxygen atoms in total. The fourth-order valence-corrected chi connectivity index (χ4v) is 3.13. The summed E-state index contributed by atoms with van der Waals surface area (Å²) in [6.07, 6.45) is -0.475. The van der Waals surface area contributed by atoms with E-state index in [0.29, 0.717) is 36.5 Å². The predicted molar refractivity (Wildman–Crippen MR) is 122 cm³/mol. The number of hydrogen-bond donors (Lipinski definition) is 2. The normalized spacial score (nSPS) is 14.2. The molecule has 2 rings (SSSR count). The summed E-state index contributed by atoms with van der Waals surface area (Å²) in [6, 6.07) is 1.59. The van der Waals surface area contributed by atoms with Crippen molar-refractivity contribution in [2.45, 2.75) is 72.6 Å². The third-order valence-electron chi connectivity index (χ3n) is 4.42. The Kier molecular flexibility index (Phi) is 8.07. The monoisotopic (exact) mass is 463 g/mol. The molecule has 0 radical (unpaired) electrons. The van der Waals surface area contributed by atoms with E-state index in [4.69, 9.17) is 19.3 Å². The van der Waals surface area contributed by atoms with Gasteiger partial charge in [0.05, 0.1) is 19.8 Å². The average Bonchev–Trinajstić information content (AvgIpc) is 2.64. The topological polar surface area (TPSA) is 127 Å². The van der Waals surface area contributed by atoms with Gasteiger partial charge in [0, 0.05) is 11.3 Å². The maximum atomic E-state index is 13.0. The zero-order valence-electron chi connectivity index (χ0n) is 20.3. The average molecular weight is 464 g/mol. The lowest BCUT2D eigenvalue weighted by Gasteiger charge is -2.29. The Bertz CT molecular complexity index is 915. The molecule has 0 spiro atoms. The largest absolute Gasteiger partial charge is 0.465 e. The Morgan fingerprint density at radius 1 is 1.12 bits per heavy atom.